The van der Waals surface area contributed by atoms with Crippen molar-refractivity contribution >= 4 is 29.3 Å². The van der Waals surface area contributed by atoms with Gasteiger partial charge in [-0.25, -0.2) is 14.6 Å². The first-order chi connectivity index (χ1) is 16.2. The highest BCUT2D eigenvalue weighted by Gasteiger charge is 2.31. The van der Waals surface area contributed by atoms with Crippen LogP contribution in [-0.2, 0) is 9.53 Å². The number of carbonyl (C=O) groups is 3. The smallest absolute Gasteiger partial charge is 0.407 e. The third-order valence-corrected chi connectivity index (χ3v) is 6.79. The van der Waals surface area contributed by atoms with E-state index in [1.807, 2.05) is 24.3 Å². The van der Waals surface area contributed by atoms with Gasteiger partial charge in [0.2, 0.25) is 0 Å². The molecule has 1 aliphatic carbocycles. The van der Waals surface area contributed by atoms with E-state index in [4.69, 9.17) is 4.74 Å². The number of nitrogens with zero attached hydrogens (tertiary/aromatic N) is 1. The predicted octanol–water partition coefficient (Wildman–Crippen LogP) is 4.34. The average molecular weight is 480 g/mol. The van der Waals surface area contributed by atoms with Gasteiger partial charge in [-0.2, -0.15) is 0 Å². The maximum absolute atomic E-state index is 12.5. The van der Waals surface area contributed by atoms with E-state index in [1.54, 1.807) is 6.92 Å². The molecule has 0 radical (unpaired) electrons. The summed E-state index contributed by atoms with van der Waals surface area (Å²) in [6.07, 6.45) is -0.581. The van der Waals surface area contributed by atoms with Crippen LogP contribution in [0.3, 0.4) is 0 Å². The Hall–Kier alpha value is -3.72. The van der Waals surface area contributed by atoms with Gasteiger partial charge in [-0.15, -0.1) is 11.3 Å². The topological polar surface area (TPSA) is 118 Å². The number of benzene rings is 2. The Morgan fingerprint density at radius 2 is 1.68 bits per heavy atom. The van der Waals surface area contributed by atoms with Crippen LogP contribution in [0, 0.1) is 0 Å². The number of thiazole rings is 1. The molecule has 1 heterocycles. The average Bonchev–Trinajstić information content (AvgIpc) is 3.41. The van der Waals surface area contributed by atoms with E-state index in [-0.39, 0.29) is 18.2 Å². The fourth-order valence-electron chi connectivity index (χ4n) is 3.87. The summed E-state index contributed by atoms with van der Waals surface area (Å²) in [6.45, 7) is 4.72. The minimum absolute atomic E-state index is 0.0405. The van der Waals surface area contributed by atoms with Gasteiger partial charge in [0.15, 0.2) is 0 Å². The predicted molar refractivity (Wildman–Crippen MR) is 128 cm³/mol. The Kier molecular flexibility index (Phi) is 6.39. The van der Waals surface area contributed by atoms with Crippen LogP contribution >= 0.6 is 11.3 Å². The van der Waals surface area contributed by atoms with Crippen molar-refractivity contribution in [2.75, 3.05) is 6.61 Å². The molecule has 176 valence electrons. The zero-order valence-corrected chi connectivity index (χ0v) is 19.8. The van der Waals surface area contributed by atoms with E-state index >= 15 is 0 Å². The number of aromatic nitrogens is 1. The number of nitrogens with one attached hydrogen (secondary N) is 2. The van der Waals surface area contributed by atoms with E-state index in [0.717, 1.165) is 22.3 Å². The lowest BCUT2D eigenvalue weighted by Gasteiger charge is -2.20. The highest BCUT2D eigenvalue weighted by molar-refractivity contribution is 7.09. The molecule has 1 atom stereocenters. The molecule has 1 unspecified atom stereocenters. The van der Waals surface area contributed by atoms with Crippen LogP contribution in [0.2, 0.25) is 0 Å². The summed E-state index contributed by atoms with van der Waals surface area (Å²) >= 11 is 1.20. The van der Waals surface area contributed by atoms with Crippen molar-refractivity contribution in [3.05, 3.63) is 75.7 Å². The number of rotatable bonds is 7. The first-order valence-electron chi connectivity index (χ1n) is 10.8. The molecule has 4 rings (SSSR count). The number of carboxylic acids is 1. The number of carboxylic acid groups (broad SMARTS) is 1. The second-order valence-electron chi connectivity index (χ2n) is 8.65. The summed E-state index contributed by atoms with van der Waals surface area (Å²) in [7, 11) is 0. The molecule has 2 aromatic carbocycles. The van der Waals surface area contributed by atoms with Gasteiger partial charge >= 0.3 is 12.1 Å². The maximum Gasteiger partial charge on any atom is 0.407 e. The van der Waals surface area contributed by atoms with E-state index in [9.17, 15) is 19.5 Å². The third-order valence-electron chi connectivity index (χ3n) is 5.76. The normalized spacial score (nSPS) is 13.5. The standard InChI is InChI=1S/C25H25N3O5S/c1-14(22-27-20(13-34-22)21(29)28-25(2,3)23(30)31)26-24(32)33-12-19-17-10-6-4-8-15(17)16-9-5-7-11-18(16)19/h4-11,13-14,19H,12H2,1-3H3,(H,26,32)(H,28,29)(H,30,31). The monoisotopic (exact) mass is 479 g/mol. The molecular weight excluding hydrogens is 454 g/mol. The molecule has 9 heteroatoms. The lowest BCUT2D eigenvalue weighted by molar-refractivity contribution is -0.143. The Balaban J connectivity index is 1.37. The molecule has 0 aliphatic heterocycles. The van der Waals surface area contributed by atoms with E-state index in [1.165, 1.54) is 30.6 Å². The third kappa shape index (κ3) is 4.65. The minimum atomic E-state index is -1.42. The van der Waals surface area contributed by atoms with E-state index < -0.39 is 29.6 Å². The number of alkyl carbamates (subject to hydrolysis) is 1. The van der Waals surface area contributed by atoms with Crippen molar-refractivity contribution in [2.45, 2.75) is 38.3 Å². The molecule has 0 spiro atoms. The molecule has 3 N–H and O–H groups in total. The highest BCUT2D eigenvalue weighted by atomic mass is 32.1. The lowest BCUT2D eigenvalue weighted by Crippen LogP contribution is -2.49. The van der Waals surface area contributed by atoms with Gasteiger partial charge in [-0.3, -0.25) is 4.79 Å². The number of hydrogen-bond donors (Lipinski definition) is 3. The van der Waals surface area contributed by atoms with Gasteiger partial charge in [0.1, 0.15) is 22.8 Å². The Morgan fingerprint density at radius 1 is 1.09 bits per heavy atom. The van der Waals surface area contributed by atoms with Gasteiger partial charge in [-0.05, 0) is 43.0 Å². The van der Waals surface area contributed by atoms with Gasteiger partial charge in [0.05, 0.1) is 6.04 Å². The number of aliphatic carboxylic acids is 1. The molecule has 8 nitrogen and oxygen atoms in total. The quantitative estimate of drug-likeness (QED) is 0.464. The molecule has 0 saturated carbocycles. The molecule has 2 amide bonds. The fourth-order valence-corrected chi connectivity index (χ4v) is 4.68. The fraction of sp³-hybridized carbons (Fsp3) is 0.280. The molecule has 1 aromatic heterocycles. The highest BCUT2D eigenvalue weighted by Crippen LogP contribution is 2.44. The van der Waals surface area contributed by atoms with Crippen LogP contribution in [0.5, 0.6) is 0 Å². The minimum Gasteiger partial charge on any atom is -0.480 e. The summed E-state index contributed by atoms with van der Waals surface area (Å²) in [5, 5.41) is 16.4. The van der Waals surface area contributed by atoms with Crippen molar-refractivity contribution in [3.8, 4) is 11.1 Å². The van der Waals surface area contributed by atoms with Crippen molar-refractivity contribution in [3.63, 3.8) is 0 Å². The summed E-state index contributed by atoms with van der Waals surface area (Å²) in [6, 6.07) is 15.7. The van der Waals surface area contributed by atoms with Gasteiger partial charge < -0.3 is 20.5 Å². The van der Waals surface area contributed by atoms with Crippen LogP contribution in [0.4, 0.5) is 4.79 Å². The molecule has 0 fully saturated rings. The maximum atomic E-state index is 12.5. The molecule has 3 aromatic rings. The summed E-state index contributed by atoms with van der Waals surface area (Å²) in [4.78, 5) is 40.3. The van der Waals surface area contributed by atoms with Crippen LogP contribution in [0.1, 0.15) is 59.4 Å². The second kappa shape index (κ2) is 9.26. The van der Waals surface area contributed by atoms with E-state index in [2.05, 4.69) is 39.9 Å². The van der Waals surface area contributed by atoms with Crippen LogP contribution in [-0.4, -0.2) is 40.2 Å². The van der Waals surface area contributed by atoms with Crippen molar-refractivity contribution in [1.29, 1.82) is 0 Å². The summed E-state index contributed by atoms with van der Waals surface area (Å²) < 4.78 is 5.56. The largest absolute Gasteiger partial charge is 0.480 e. The van der Waals surface area contributed by atoms with Gasteiger partial charge in [0.25, 0.3) is 5.91 Å². The van der Waals surface area contributed by atoms with Crippen molar-refractivity contribution < 1.29 is 24.2 Å². The molecule has 0 saturated heterocycles. The molecule has 1 aliphatic rings. The van der Waals surface area contributed by atoms with Crippen molar-refractivity contribution in [2.24, 2.45) is 0 Å². The number of carbonyl (C=O) groups excluding carboxylic acids is 2. The number of fused-ring (bicyclic) bond motifs is 3. The Bertz CT molecular complexity index is 1210. The van der Waals surface area contributed by atoms with E-state index in [0.29, 0.717) is 5.01 Å². The first kappa shape index (κ1) is 23.4. The number of amides is 2. The Morgan fingerprint density at radius 3 is 2.26 bits per heavy atom. The van der Waals surface area contributed by atoms with Crippen LogP contribution in [0.15, 0.2) is 53.9 Å². The van der Waals surface area contributed by atoms with Crippen LogP contribution in [0.25, 0.3) is 11.1 Å². The molecule has 0 bridgehead atoms. The van der Waals surface area contributed by atoms with Gasteiger partial charge in [-0.1, -0.05) is 48.5 Å². The van der Waals surface area contributed by atoms with Crippen molar-refractivity contribution in [1.82, 2.24) is 15.6 Å². The zero-order chi connectivity index (χ0) is 24.5. The summed E-state index contributed by atoms with van der Waals surface area (Å²) in [5.41, 5.74) is 3.23. The SMILES string of the molecule is CC(NC(=O)OCC1c2ccccc2-c2ccccc21)c1nc(C(=O)NC(C)(C)C(=O)O)cs1. The molecular formula is C25H25N3O5S. The second-order valence-corrected chi connectivity index (χ2v) is 9.54. The lowest BCUT2D eigenvalue weighted by atomic mass is 9.98. The zero-order valence-electron chi connectivity index (χ0n) is 19.0. The van der Waals surface area contributed by atoms with Crippen LogP contribution < -0.4 is 10.6 Å². The first-order valence-corrected chi connectivity index (χ1v) is 11.7. The summed E-state index contributed by atoms with van der Waals surface area (Å²) in [5.74, 6) is -1.79. The van der Waals surface area contributed by atoms with Gasteiger partial charge in [0, 0.05) is 11.3 Å². The Labute approximate surface area is 201 Å². The number of hydrogen-bond acceptors (Lipinski definition) is 6. The molecule has 34 heavy (non-hydrogen) atoms. The number of ether oxygens (including phenoxy) is 1.